The van der Waals surface area contributed by atoms with Crippen LogP contribution in [0.3, 0.4) is 0 Å². The predicted molar refractivity (Wildman–Crippen MR) is 55.8 cm³/mol. The summed E-state index contributed by atoms with van der Waals surface area (Å²) in [5.41, 5.74) is 6.80. The molecule has 4 heteroatoms. The first-order valence-electron chi connectivity index (χ1n) is 4.19. The van der Waals surface area contributed by atoms with E-state index in [-0.39, 0.29) is 0 Å². The Morgan fingerprint density at radius 3 is 3.15 bits per heavy atom. The molecule has 68 valence electrons. The quantitative estimate of drug-likeness (QED) is 0.764. The molecule has 0 spiro atoms. The van der Waals surface area contributed by atoms with E-state index in [1.165, 1.54) is 5.56 Å². The van der Waals surface area contributed by atoms with Crippen LogP contribution in [0.15, 0.2) is 29.5 Å². The van der Waals surface area contributed by atoms with Gasteiger partial charge < -0.3 is 5.73 Å². The molecule has 2 N–H and O–H groups in total. The number of nitrogens with zero attached hydrogens (tertiary/aromatic N) is 2. The summed E-state index contributed by atoms with van der Waals surface area (Å²) in [5, 5.41) is 0.717. The average Bonchev–Trinajstić information content (AvgIpc) is 2.53. The maximum atomic E-state index is 5.58. The lowest BCUT2D eigenvalue weighted by Crippen LogP contribution is -2.08. The number of nitrogens with two attached hydrogens (primary N) is 1. The van der Waals surface area contributed by atoms with E-state index < -0.39 is 0 Å². The lowest BCUT2D eigenvalue weighted by atomic mass is 10.1. The van der Waals surface area contributed by atoms with Gasteiger partial charge in [-0.05, 0) is 18.1 Å². The van der Waals surface area contributed by atoms with Crippen molar-refractivity contribution in [3.63, 3.8) is 0 Å². The van der Waals surface area contributed by atoms with Crippen molar-refractivity contribution in [1.82, 2.24) is 4.98 Å². The molecule has 0 saturated heterocycles. The van der Waals surface area contributed by atoms with E-state index in [4.69, 9.17) is 5.73 Å². The number of aromatic nitrogens is 1. The predicted octanol–water partition coefficient (Wildman–Crippen LogP) is 1.05. The van der Waals surface area contributed by atoms with Crippen LogP contribution in [0.4, 0.5) is 0 Å². The minimum absolute atomic E-state index is 0.342. The highest BCUT2D eigenvalue weighted by Gasteiger charge is 2.16. The van der Waals surface area contributed by atoms with Crippen LogP contribution in [0, 0.1) is 0 Å². The van der Waals surface area contributed by atoms with Crippen molar-refractivity contribution >= 4 is 16.9 Å². The molecule has 0 bridgehead atoms. The Morgan fingerprint density at radius 2 is 2.54 bits per heavy atom. The Labute approximate surface area is 81.5 Å². The van der Waals surface area contributed by atoms with Crippen molar-refractivity contribution in [2.45, 2.75) is 12.5 Å². The third-order valence-corrected chi connectivity index (χ3v) is 2.88. The van der Waals surface area contributed by atoms with Crippen LogP contribution in [0.25, 0.3) is 0 Å². The molecule has 13 heavy (non-hydrogen) atoms. The number of aliphatic imine (C=N–C) groups is 1. The van der Waals surface area contributed by atoms with Crippen molar-refractivity contribution in [2.24, 2.45) is 10.7 Å². The van der Waals surface area contributed by atoms with Crippen LogP contribution in [0.5, 0.6) is 0 Å². The van der Waals surface area contributed by atoms with Crippen LogP contribution in [0.2, 0.25) is 0 Å². The zero-order valence-corrected chi connectivity index (χ0v) is 8.00. The maximum absolute atomic E-state index is 5.58. The first-order chi connectivity index (χ1) is 6.34. The topological polar surface area (TPSA) is 51.3 Å². The van der Waals surface area contributed by atoms with Gasteiger partial charge in [0.05, 0.1) is 6.04 Å². The third kappa shape index (κ3) is 2.21. The molecule has 3 nitrogen and oxygen atoms in total. The van der Waals surface area contributed by atoms with Crippen molar-refractivity contribution in [2.75, 3.05) is 5.75 Å². The average molecular weight is 193 g/mol. The minimum atomic E-state index is 0.342. The fraction of sp³-hybridized carbons (Fsp3) is 0.333. The second kappa shape index (κ2) is 3.79. The van der Waals surface area contributed by atoms with E-state index in [1.807, 2.05) is 12.3 Å². The highest BCUT2D eigenvalue weighted by atomic mass is 32.2. The summed E-state index contributed by atoms with van der Waals surface area (Å²) < 4.78 is 0. The summed E-state index contributed by atoms with van der Waals surface area (Å²) >= 11 is 1.63. The van der Waals surface area contributed by atoms with E-state index in [2.05, 4.69) is 16.0 Å². The summed E-state index contributed by atoms with van der Waals surface area (Å²) in [6.45, 7) is 0. The highest BCUT2D eigenvalue weighted by Crippen LogP contribution is 2.18. The second-order valence-electron chi connectivity index (χ2n) is 3.00. The first kappa shape index (κ1) is 8.56. The molecule has 2 rings (SSSR count). The maximum Gasteiger partial charge on any atom is 0.154 e. The van der Waals surface area contributed by atoms with E-state index in [1.54, 1.807) is 18.0 Å². The normalized spacial score (nSPS) is 21.5. The molecule has 0 amide bonds. The van der Waals surface area contributed by atoms with E-state index >= 15 is 0 Å². The van der Waals surface area contributed by atoms with E-state index in [9.17, 15) is 0 Å². The summed E-state index contributed by atoms with van der Waals surface area (Å²) in [7, 11) is 0. The van der Waals surface area contributed by atoms with Crippen LogP contribution >= 0.6 is 11.8 Å². The summed E-state index contributed by atoms with van der Waals surface area (Å²) in [6.07, 6.45) is 4.61. The van der Waals surface area contributed by atoms with Gasteiger partial charge in [-0.1, -0.05) is 17.8 Å². The van der Waals surface area contributed by atoms with Gasteiger partial charge in [0.25, 0.3) is 0 Å². The smallest absolute Gasteiger partial charge is 0.154 e. The largest absolute Gasteiger partial charge is 0.379 e. The summed E-state index contributed by atoms with van der Waals surface area (Å²) in [6, 6.07) is 4.36. The minimum Gasteiger partial charge on any atom is -0.379 e. The molecule has 1 aromatic heterocycles. The van der Waals surface area contributed by atoms with Gasteiger partial charge in [0.1, 0.15) is 0 Å². The molecule has 0 fully saturated rings. The molecule has 2 heterocycles. The Morgan fingerprint density at radius 1 is 1.62 bits per heavy atom. The van der Waals surface area contributed by atoms with Crippen LogP contribution in [-0.2, 0) is 6.42 Å². The Balaban J connectivity index is 2.00. The number of amidine groups is 1. The second-order valence-corrected chi connectivity index (χ2v) is 4.04. The van der Waals surface area contributed by atoms with Crippen molar-refractivity contribution in [3.8, 4) is 0 Å². The van der Waals surface area contributed by atoms with Gasteiger partial charge in [0, 0.05) is 18.1 Å². The molecule has 1 unspecified atom stereocenters. The number of hydrogen-bond acceptors (Lipinski definition) is 4. The molecule has 1 aliphatic rings. The zero-order valence-electron chi connectivity index (χ0n) is 7.18. The standard InChI is InChI=1S/C9H11N3S/c10-9-12-8(6-13-9)4-7-2-1-3-11-5-7/h1-3,5,8H,4,6H2,(H2,10,12). The number of hydrogen-bond donors (Lipinski definition) is 1. The summed E-state index contributed by atoms with van der Waals surface area (Å²) in [5.74, 6) is 1.00. The molecule has 1 aliphatic heterocycles. The fourth-order valence-corrected chi connectivity index (χ4v) is 2.11. The highest BCUT2D eigenvalue weighted by molar-refractivity contribution is 8.14. The monoisotopic (exact) mass is 193 g/mol. The van der Waals surface area contributed by atoms with Crippen LogP contribution in [0.1, 0.15) is 5.56 Å². The number of thioether (sulfide) groups is 1. The Kier molecular flexibility index (Phi) is 2.49. The third-order valence-electron chi connectivity index (χ3n) is 1.93. The molecule has 1 atom stereocenters. The van der Waals surface area contributed by atoms with Gasteiger partial charge in [-0.2, -0.15) is 0 Å². The molecule has 0 saturated carbocycles. The Bertz CT molecular complexity index is 310. The van der Waals surface area contributed by atoms with E-state index in [0.717, 1.165) is 12.2 Å². The molecule has 0 radical (unpaired) electrons. The van der Waals surface area contributed by atoms with Crippen molar-refractivity contribution in [3.05, 3.63) is 30.1 Å². The molecule has 1 aromatic rings. The van der Waals surface area contributed by atoms with Gasteiger partial charge in [-0.25, -0.2) is 0 Å². The molecule has 0 aliphatic carbocycles. The van der Waals surface area contributed by atoms with Gasteiger partial charge >= 0.3 is 0 Å². The SMILES string of the molecule is NC1=NC(Cc2cccnc2)CS1. The molecule has 0 aromatic carbocycles. The van der Waals surface area contributed by atoms with Gasteiger partial charge in [0.15, 0.2) is 5.17 Å². The lowest BCUT2D eigenvalue weighted by molar-refractivity contribution is 0.759. The van der Waals surface area contributed by atoms with Crippen LogP contribution < -0.4 is 5.73 Å². The van der Waals surface area contributed by atoms with Gasteiger partial charge in [-0.3, -0.25) is 9.98 Å². The number of pyridine rings is 1. The fourth-order valence-electron chi connectivity index (χ4n) is 1.33. The van der Waals surface area contributed by atoms with Gasteiger partial charge in [-0.15, -0.1) is 0 Å². The van der Waals surface area contributed by atoms with E-state index in [0.29, 0.717) is 11.2 Å². The zero-order chi connectivity index (χ0) is 9.10. The van der Waals surface area contributed by atoms with Crippen molar-refractivity contribution < 1.29 is 0 Å². The summed E-state index contributed by atoms with van der Waals surface area (Å²) in [4.78, 5) is 8.37. The van der Waals surface area contributed by atoms with Crippen LogP contribution in [-0.4, -0.2) is 21.9 Å². The van der Waals surface area contributed by atoms with Crippen molar-refractivity contribution in [1.29, 1.82) is 0 Å². The Hall–Kier alpha value is -1.03. The molecular formula is C9H11N3S. The first-order valence-corrected chi connectivity index (χ1v) is 5.18. The van der Waals surface area contributed by atoms with Gasteiger partial charge in [0.2, 0.25) is 0 Å². The number of rotatable bonds is 2. The molecular weight excluding hydrogens is 182 g/mol. The lowest BCUT2D eigenvalue weighted by Gasteiger charge is -2.03.